The summed E-state index contributed by atoms with van der Waals surface area (Å²) in [5.74, 6) is 0. The molecule has 0 aromatic heterocycles. The minimum Gasteiger partial charge on any atom is -0.399 e. The molecule has 2 N–H and O–H groups in total. The first-order valence-electron chi connectivity index (χ1n) is 7.12. The van der Waals surface area contributed by atoms with E-state index in [0.29, 0.717) is 5.41 Å². The average molecular weight is 246 g/mol. The molecule has 1 aromatic rings. The quantitative estimate of drug-likeness (QED) is 0.826. The highest BCUT2D eigenvalue weighted by molar-refractivity contribution is 5.40. The third kappa shape index (κ3) is 4.02. The molecule has 1 aliphatic rings. The van der Waals surface area contributed by atoms with Gasteiger partial charge in [-0.15, -0.1) is 0 Å². The van der Waals surface area contributed by atoms with Crippen LogP contribution in [0.15, 0.2) is 24.3 Å². The van der Waals surface area contributed by atoms with Crippen LogP contribution in [0.25, 0.3) is 0 Å². The van der Waals surface area contributed by atoms with Gasteiger partial charge in [-0.05, 0) is 68.4 Å². The van der Waals surface area contributed by atoms with Gasteiger partial charge in [-0.25, -0.2) is 0 Å². The minimum absolute atomic E-state index is 0.560. The molecule has 1 heterocycles. The van der Waals surface area contributed by atoms with Crippen molar-refractivity contribution in [2.45, 2.75) is 39.5 Å². The predicted octanol–water partition coefficient (Wildman–Crippen LogP) is 3.32. The van der Waals surface area contributed by atoms with E-state index in [1.807, 2.05) is 12.1 Å². The molecule has 0 unspecified atom stereocenters. The topological polar surface area (TPSA) is 29.3 Å². The minimum atomic E-state index is 0.560. The summed E-state index contributed by atoms with van der Waals surface area (Å²) in [6.45, 7) is 8.53. The third-order valence-corrected chi connectivity index (χ3v) is 4.10. The van der Waals surface area contributed by atoms with Crippen molar-refractivity contribution in [3.63, 3.8) is 0 Å². The van der Waals surface area contributed by atoms with Gasteiger partial charge in [-0.2, -0.15) is 0 Å². The first-order chi connectivity index (χ1) is 8.55. The monoisotopic (exact) mass is 246 g/mol. The fraction of sp³-hybridized carbons (Fsp3) is 0.625. The molecule has 1 aromatic carbocycles. The van der Waals surface area contributed by atoms with Crippen LogP contribution in [-0.4, -0.2) is 24.5 Å². The molecule has 1 fully saturated rings. The molecule has 0 atom stereocenters. The van der Waals surface area contributed by atoms with Crippen molar-refractivity contribution in [1.29, 1.82) is 0 Å². The maximum Gasteiger partial charge on any atom is 0.0316 e. The maximum atomic E-state index is 5.79. The molecule has 0 spiro atoms. The van der Waals surface area contributed by atoms with E-state index in [9.17, 15) is 0 Å². The number of hydrogen-bond acceptors (Lipinski definition) is 2. The lowest BCUT2D eigenvalue weighted by atomic mass is 9.82. The van der Waals surface area contributed by atoms with Crippen molar-refractivity contribution in [3.05, 3.63) is 29.8 Å². The number of nitrogens with two attached hydrogens (primary N) is 1. The number of aryl methyl sites for hydroxylation is 1. The number of nitrogens with zero attached hydrogens (tertiary/aromatic N) is 1. The fourth-order valence-corrected chi connectivity index (χ4v) is 2.64. The smallest absolute Gasteiger partial charge is 0.0316 e. The highest BCUT2D eigenvalue weighted by Gasteiger charge is 2.24. The Hall–Kier alpha value is -1.02. The molecule has 2 rings (SSSR count). The van der Waals surface area contributed by atoms with E-state index in [4.69, 9.17) is 5.73 Å². The SMILES string of the molecule is CC1(C)CCN(CCCc2cccc(N)c2)CC1. The maximum absolute atomic E-state index is 5.79. The summed E-state index contributed by atoms with van der Waals surface area (Å²) in [7, 11) is 0. The summed E-state index contributed by atoms with van der Waals surface area (Å²) in [5, 5.41) is 0. The van der Waals surface area contributed by atoms with E-state index in [2.05, 4.69) is 30.9 Å². The van der Waals surface area contributed by atoms with Gasteiger partial charge in [0.1, 0.15) is 0 Å². The van der Waals surface area contributed by atoms with Crippen LogP contribution in [0.4, 0.5) is 5.69 Å². The second-order valence-electron chi connectivity index (χ2n) is 6.35. The summed E-state index contributed by atoms with van der Waals surface area (Å²) in [5.41, 5.74) is 8.60. The van der Waals surface area contributed by atoms with Gasteiger partial charge in [0.15, 0.2) is 0 Å². The fourth-order valence-electron chi connectivity index (χ4n) is 2.64. The summed E-state index contributed by atoms with van der Waals surface area (Å²) in [6.07, 6.45) is 5.06. The largest absolute Gasteiger partial charge is 0.399 e. The predicted molar refractivity (Wildman–Crippen MR) is 78.6 cm³/mol. The Labute approximate surface area is 111 Å². The van der Waals surface area contributed by atoms with Gasteiger partial charge in [0.05, 0.1) is 0 Å². The summed E-state index contributed by atoms with van der Waals surface area (Å²) in [4.78, 5) is 2.61. The first kappa shape index (κ1) is 13.4. The Morgan fingerprint density at radius 3 is 2.61 bits per heavy atom. The van der Waals surface area contributed by atoms with Gasteiger partial charge in [-0.1, -0.05) is 26.0 Å². The molecule has 0 amide bonds. The van der Waals surface area contributed by atoms with Gasteiger partial charge in [-0.3, -0.25) is 0 Å². The van der Waals surface area contributed by atoms with E-state index in [1.165, 1.54) is 44.5 Å². The van der Waals surface area contributed by atoms with Crippen LogP contribution in [0.5, 0.6) is 0 Å². The Kier molecular flexibility index (Phi) is 4.28. The van der Waals surface area contributed by atoms with Crippen molar-refractivity contribution < 1.29 is 0 Å². The Morgan fingerprint density at radius 2 is 1.94 bits per heavy atom. The van der Waals surface area contributed by atoms with Crippen LogP contribution in [0.1, 0.15) is 38.7 Å². The van der Waals surface area contributed by atoms with E-state index in [1.54, 1.807) is 0 Å². The van der Waals surface area contributed by atoms with Gasteiger partial charge >= 0.3 is 0 Å². The van der Waals surface area contributed by atoms with Gasteiger partial charge in [0, 0.05) is 5.69 Å². The molecule has 2 heteroatoms. The molecule has 1 aliphatic heterocycles. The van der Waals surface area contributed by atoms with E-state index in [-0.39, 0.29) is 0 Å². The lowest BCUT2D eigenvalue weighted by Gasteiger charge is -2.36. The highest BCUT2D eigenvalue weighted by atomic mass is 15.1. The number of likely N-dealkylation sites (tertiary alicyclic amines) is 1. The van der Waals surface area contributed by atoms with Crippen LogP contribution < -0.4 is 5.73 Å². The normalized spacial score (nSPS) is 19.9. The highest BCUT2D eigenvalue weighted by Crippen LogP contribution is 2.29. The zero-order valence-electron chi connectivity index (χ0n) is 11.8. The first-order valence-corrected chi connectivity index (χ1v) is 7.12. The molecular formula is C16H26N2. The van der Waals surface area contributed by atoms with Crippen molar-refractivity contribution in [2.75, 3.05) is 25.4 Å². The van der Waals surface area contributed by atoms with Crippen LogP contribution in [0.3, 0.4) is 0 Å². The number of anilines is 1. The summed E-state index contributed by atoms with van der Waals surface area (Å²) in [6, 6.07) is 8.28. The zero-order valence-corrected chi connectivity index (χ0v) is 11.8. The lowest BCUT2D eigenvalue weighted by Crippen LogP contribution is -2.37. The molecule has 1 saturated heterocycles. The van der Waals surface area contributed by atoms with Crippen molar-refractivity contribution >= 4 is 5.69 Å². The second kappa shape index (κ2) is 5.75. The number of nitrogen functional groups attached to an aromatic ring is 1. The standard InChI is InChI=1S/C16H26N2/c1-16(2)8-11-18(12-9-16)10-4-6-14-5-3-7-15(17)13-14/h3,5,7,13H,4,6,8-12,17H2,1-2H3. The molecule has 2 nitrogen and oxygen atoms in total. The molecule has 0 saturated carbocycles. The molecule has 18 heavy (non-hydrogen) atoms. The second-order valence-corrected chi connectivity index (χ2v) is 6.35. The van der Waals surface area contributed by atoms with Gasteiger partial charge < -0.3 is 10.6 Å². The van der Waals surface area contributed by atoms with Crippen LogP contribution in [-0.2, 0) is 6.42 Å². The zero-order chi connectivity index (χ0) is 13.0. The average Bonchev–Trinajstić information content (AvgIpc) is 2.31. The number of piperidine rings is 1. The van der Waals surface area contributed by atoms with Crippen molar-refractivity contribution in [3.8, 4) is 0 Å². The summed E-state index contributed by atoms with van der Waals surface area (Å²) >= 11 is 0. The van der Waals surface area contributed by atoms with E-state index >= 15 is 0 Å². The molecule has 0 aliphatic carbocycles. The molecule has 100 valence electrons. The molecule has 0 radical (unpaired) electrons. The van der Waals surface area contributed by atoms with Crippen LogP contribution in [0, 0.1) is 5.41 Å². The molecular weight excluding hydrogens is 220 g/mol. The Morgan fingerprint density at radius 1 is 1.22 bits per heavy atom. The number of rotatable bonds is 4. The van der Waals surface area contributed by atoms with Gasteiger partial charge in [0.2, 0.25) is 0 Å². The number of hydrogen-bond donors (Lipinski definition) is 1. The summed E-state index contributed by atoms with van der Waals surface area (Å²) < 4.78 is 0. The van der Waals surface area contributed by atoms with Crippen molar-refractivity contribution in [1.82, 2.24) is 4.90 Å². The van der Waals surface area contributed by atoms with Crippen molar-refractivity contribution in [2.24, 2.45) is 5.41 Å². The Balaban J connectivity index is 1.70. The van der Waals surface area contributed by atoms with E-state index < -0.39 is 0 Å². The van der Waals surface area contributed by atoms with Crippen LogP contribution >= 0.6 is 0 Å². The molecule has 0 bridgehead atoms. The van der Waals surface area contributed by atoms with Gasteiger partial charge in [0.25, 0.3) is 0 Å². The third-order valence-electron chi connectivity index (χ3n) is 4.10. The lowest BCUT2D eigenvalue weighted by molar-refractivity contribution is 0.132. The van der Waals surface area contributed by atoms with Crippen LogP contribution in [0.2, 0.25) is 0 Å². The Bertz CT molecular complexity index is 374. The van der Waals surface area contributed by atoms with E-state index in [0.717, 1.165) is 12.1 Å². The number of benzene rings is 1.